The summed E-state index contributed by atoms with van der Waals surface area (Å²) in [5, 5.41) is 5.06. The zero-order valence-corrected chi connectivity index (χ0v) is 19.0. The van der Waals surface area contributed by atoms with Crippen LogP contribution < -0.4 is 0 Å². The summed E-state index contributed by atoms with van der Waals surface area (Å²) in [4.78, 5) is 15.2. The van der Waals surface area contributed by atoms with Crippen LogP contribution in [0.5, 0.6) is 0 Å². The van der Waals surface area contributed by atoms with Crippen molar-refractivity contribution in [2.24, 2.45) is 0 Å². The molecule has 0 aliphatic carbocycles. The van der Waals surface area contributed by atoms with E-state index < -0.39 is 0 Å². The van der Waals surface area contributed by atoms with Gasteiger partial charge in [0.2, 0.25) is 0 Å². The predicted molar refractivity (Wildman–Crippen MR) is 123 cm³/mol. The van der Waals surface area contributed by atoms with Crippen LogP contribution in [0.15, 0.2) is 48.0 Å². The second-order valence-corrected chi connectivity index (χ2v) is 9.85. The summed E-state index contributed by atoms with van der Waals surface area (Å²) in [6.07, 6.45) is 3.73. The molecule has 29 heavy (non-hydrogen) atoms. The van der Waals surface area contributed by atoms with Gasteiger partial charge in [0.05, 0.1) is 26.3 Å². The Kier molecular flexibility index (Phi) is 6.09. The number of hydrogen-bond acceptors (Lipinski definition) is 5. The molecule has 3 nitrogen and oxygen atoms in total. The Hall–Kier alpha value is -2.08. The quantitative estimate of drug-likeness (QED) is 0.329. The number of nitrogens with zero attached hydrogens (tertiary/aromatic N) is 3. The molecule has 0 aliphatic heterocycles. The molecule has 1 aromatic carbocycles. The van der Waals surface area contributed by atoms with Crippen molar-refractivity contribution in [3.05, 3.63) is 85.5 Å². The van der Waals surface area contributed by atoms with Gasteiger partial charge in [-0.15, -0.1) is 22.7 Å². The van der Waals surface area contributed by atoms with E-state index in [0.717, 1.165) is 45.0 Å². The molecule has 148 valence electrons. The molecule has 0 saturated carbocycles. The van der Waals surface area contributed by atoms with E-state index in [1.807, 2.05) is 32.2 Å². The number of halogens is 1. The second-order valence-electron chi connectivity index (χ2n) is 7.27. The Morgan fingerprint density at radius 2 is 1.83 bits per heavy atom. The van der Waals surface area contributed by atoms with E-state index in [1.165, 1.54) is 16.0 Å². The second kappa shape index (κ2) is 8.74. The molecular formula is C23H22ClN3S2. The molecule has 6 heteroatoms. The fraction of sp³-hybridized carbons (Fsp3) is 0.261. The molecule has 1 atom stereocenters. The maximum atomic E-state index is 5.98. The number of thiazole rings is 2. The van der Waals surface area contributed by atoms with Crippen LogP contribution in [0.3, 0.4) is 0 Å². The topological polar surface area (TPSA) is 38.7 Å². The first-order valence-electron chi connectivity index (χ1n) is 9.56. The highest BCUT2D eigenvalue weighted by Crippen LogP contribution is 2.31. The molecule has 0 amide bonds. The van der Waals surface area contributed by atoms with Gasteiger partial charge in [-0.3, -0.25) is 4.98 Å². The number of benzene rings is 1. The third-order valence-corrected chi connectivity index (χ3v) is 7.09. The summed E-state index contributed by atoms with van der Waals surface area (Å²) in [5.41, 5.74) is 5.67. The Labute approximate surface area is 184 Å². The van der Waals surface area contributed by atoms with Gasteiger partial charge in [0.15, 0.2) is 0 Å². The molecule has 0 fully saturated rings. The van der Waals surface area contributed by atoms with E-state index in [1.54, 1.807) is 22.7 Å². The van der Waals surface area contributed by atoms with Gasteiger partial charge in [-0.2, -0.15) is 0 Å². The minimum absolute atomic E-state index is 0.404. The third kappa shape index (κ3) is 4.92. The van der Waals surface area contributed by atoms with Crippen LogP contribution in [-0.4, -0.2) is 15.0 Å². The van der Waals surface area contributed by atoms with Gasteiger partial charge < -0.3 is 0 Å². The molecule has 4 rings (SSSR count). The summed E-state index contributed by atoms with van der Waals surface area (Å²) in [6.45, 7) is 6.31. The van der Waals surface area contributed by atoms with Crippen LogP contribution in [0.25, 0.3) is 10.6 Å². The maximum absolute atomic E-state index is 5.98. The van der Waals surface area contributed by atoms with Gasteiger partial charge in [-0.25, -0.2) is 9.97 Å². The lowest BCUT2D eigenvalue weighted by Crippen LogP contribution is -2.00. The van der Waals surface area contributed by atoms with E-state index >= 15 is 0 Å². The van der Waals surface area contributed by atoms with Gasteiger partial charge in [0.1, 0.15) is 0 Å². The number of rotatable bonds is 6. The van der Waals surface area contributed by atoms with Crippen molar-refractivity contribution in [1.82, 2.24) is 15.0 Å². The van der Waals surface area contributed by atoms with E-state index in [2.05, 4.69) is 41.6 Å². The maximum Gasteiger partial charge on any atom is 0.0992 e. The van der Waals surface area contributed by atoms with Crippen molar-refractivity contribution in [3.8, 4) is 10.6 Å². The first kappa shape index (κ1) is 20.2. The van der Waals surface area contributed by atoms with Crippen molar-refractivity contribution < 1.29 is 0 Å². The molecule has 0 N–H and O–H groups in total. The molecule has 3 heterocycles. The lowest BCUT2D eigenvalue weighted by molar-refractivity contribution is 0.752. The molecular weight excluding hydrogens is 418 g/mol. The number of pyridine rings is 1. The number of hydrogen-bond donors (Lipinski definition) is 0. The van der Waals surface area contributed by atoms with Gasteiger partial charge in [0, 0.05) is 28.7 Å². The molecule has 0 aliphatic rings. The zero-order chi connectivity index (χ0) is 20.4. The SMILES string of the molecule is Cc1nc(C)c(-c2csc(Cc3ccc(C(C)Cc4ccc(Cl)cc4)cn3)n2)s1. The lowest BCUT2D eigenvalue weighted by atomic mass is 9.95. The van der Waals surface area contributed by atoms with Gasteiger partial charge in [0.25, 0.3) is 0 Å². The van der Waals surface area contributed by atoms with Gasteiger partial charge in [-0.1, -0.05) is 36.7 Å². The summed E-state index contributed by atoms with van der Waals surface area (Å²) >= 11 is 9.37. The van der Waals surface area contributed by atoms with E-state index in [0.29, 0.717) is 5.92 Å². The normalized spacial score (nSPS) is 12.3. The van der Waals surface area contributed by atoms with Crippen molar-refractivity contribution in [3.63, 3.8) is 0 Å². The first-order valence-corrected chi connectivity index (χ1v) is 11.6. The summed E-state index contributed by atoms with van der Waals surface area (Å²) in [6, 6.07) is 12.4. The smallest absolute Gasteiger partial charge is 0.0992 e. The van der Waals surface area contributed by atoms with Crippen LogP contribution >= 0.6 is 34.3 Å². The van der Waals surface area contributed by atoms with E-state index in [4.69, 9.17) is 21.6 Å². The van der Waals surface area contributed by atoms with Crippen LogP contribution in [0.1, 0.15) is 45.4 Å². The van der Waals surface area contributed by atoms with Crippen molar-refractivity contribution in [2.75, 3.05) is 0 Å². The Bertz CT molecular complexity index is 1100. The van der Waals surface area contributed by atoms with Crippen molar-refractivity contribution in [2.45, 2.75) is 39.5 Å². The molecule has 3 aromatic heterocycles. The molecule has 0 spiro atoms. The van der Waals surface area contributed by atoms with Gasteiger partial charge in [-0.05, 0) is 55.5 Å². The summed E-state index contributed by atoms with van der Waals surface area (Å²) in [7, 11) is 0. The average molecular weight is 440 g/mol. The highest BCUT2D eigenvalue weighted by atomic mass is 35.5. The first-order chi connectivity index (χ1) is 14.0. The minimum Gasteiger partial charge on any atom is -0.261 e. The van der Waals surface area contributed by atoms with Gasteiger partial charge >= 0.3 is 0 Å². The minimum atomic E-state index is 0.404. The van der Waals surface area contributed by atoms with E-state index in [9.17, 15) is 0 Å². The molecule has 4 aromatic rings. The zero-order valence-electron chi connectivity index (χ0n) is 16.6. The van der Waals surface area contributed by atoms with Crippen LogP contribution in [0.4, 0.5) is 0 Å². The monoisotopic (exact) mass is 439 g/mol. The molecule has 0 saturated heterocycles. The molecule has 1 unspecified atom stereocenters. The Balaban J connectivity index is 1.42. The Morgan fingerprint density at radius 3 is 2.48 bits per heavy atom. The van der Waals surface area contributed by atoms with Crippen molar-refractivity contribution >= 4 is 34.3 Å². The third-order valence-electron chi connectivity index (χ3n) is 4.89. The van der Waals surface area contributed by atoms with E-state index in [-0.39, 0.29) is 0 Å². The number of aromatic nitrogens is 3. The van der Waals surface area contributed by atoms with Crippen molar-refractivity contribution in [1.29, 1.82) is 0 Å². The highest BCUT2D eigenvalue weighted by molar-refractivity contribution is 7.15. The van der Waals surface area contributed by atoms with Crippen LogP contribution in [-0.2, 0) is 12.8 Å². The summed E-state index contributed by atoms with van der Waals surface area (Å²) < 4.78 is 0. The van der Waals surface area contributed by atoms with Crippen LogP contribution in [0, 0.1) is 13.8 Å². The predicted octanol–water partition coefficient (Wildman–Crippen LogP) is 6.87. The summed E-state index contributed by atoms with van der Waals surface area (Å²) in [5.74, 6) is 0.404. The highest BCUT2D eigenvalue weighted by Gasteiger charge is 2.13. The Morgan fingerprint density at radius 1 is 1.03 bits per heavy atom. The fourth-order valence-corrected chi connectivity index (χ4v) is 5.23. The molecule has 0 bridgehead atoms. The lowest BCUT2D eigenvalue weighted by Gasteiger charge is -2.12. The number of aryl methyl sites for hydroxylation is 2. The molecule has 0 radical (unpaired) electrons. The van der Waals surface area contributed by atoms with Crippen LogP contribution in [0.2, 0.25) is 5.02 Å². The largest absolute Gasteiger partial charge is 0.261 e. The fourth-order valence-electron chi connectivity index (χ4n) is 3.34. The average Bonchev–Trinajstić information content (AvgIpc) is 3.29. The standard InChI is InChI=1S/C23H22ClN3S2/c1-14(10-17-4-7-19(24)8-5-17)18-6-9-20(25-12-18)11-22-27-21(13-28-22)23-15(2)26-16(3)29-23/h4-9,12-14H,10-11H2,1-3H3.